The number of benzene rings is 2. The number of pyridine rings is 2. The van der Waals surface area contributed by atoms with E-state index in [0.29, 0.717) is 33.7 Å². The highest BCUT2D eigenvalue weighted by Crippen LogP contribution is 2.35. The van der Waals surface area contributed by atoms with E-state index in [2.05, 4.69) is 25.1 Å². The fourth-order valence-electron chi connectivity index (χ4n) is 4.18. The van der Waals surface area contributed by atoms with Crippen LogP contribution < -0.4 is 4.90 Å². The number of hydrogen-bond donors (Lipinski definition) is 2. The lowest BCUT2D eigenvalue weighted by Gasteiger charge is -2.13. The molecule has 172 valence electrons. The van der Waals surface area contributed by atoms with Crippen LogP contribution in [0.1, 0.15) is 0 Å². The summed E-state index contributed by atoms with van der Waals surface area (Å²) in [5, 5.41) is 7.46. The number of halogens is 2. The Morgan fingerprint density at radius 1 is 0.857 bits per heavy atom. The Bertz CT molecular complexity index is 1720. The number of aromatic amines is 2. The fraction of sp³-hybridized carbons (Fsp3) is 0.0769. The quantitative estimate of drug-likeness (QED) is 0.354. The summed E-state index contributed by atoms with van der Waals surface area (Å²) in [5.41, 5.74) is 5.18. The molecule has 2 aromatic carbocycles. The van der Waals surface area contributed by atoms with E-state index in [1.807, 2.05) is 49.3 Å². The zero-order valence-electron chi connectivity index (χ0n) is 18.8. The molecule has 0 saturated heterocycles. The molecule has 0 aliphatic carbocycles. The van der Waals surface area contributed by atoms with Crippen LogP contribution in [0.4, 0.5) is 14.5 Å². The molecule has 0 bridgehead atoms. The Hall–Kier alpha value is -4.66. The molecule has 0 amide bonds. The van der Waals surface area contributed by atoms with Crippen LogP contribution in [0, 0.1) is 11.6 Å². The highest BCUT2D eigenvalue weighted by atomic mass is 19.1. The highest BCUT2D eigenvalue weighted by Gasteiger charge is 2.21. The van der Waals surface area contributed by atoms with Gasteiger partial charge in [0, 0.05) is 31.4 Å². The van der Waals surface area contributed by atoms with E-state index in [0.717, 1.165) is 16.8 Å². The Morgan fingerprint density at radius 3 is 2.54 bits per heavy atom. The van der Waals surface area contributed by atoms with E-state index in [-0.39, 0.29) is 16.9 Å². The molecule has 0 saturated carbocycles. The smallest absolute Gasteiger partial charge is 0.161 e. The molecular formula is C26H19F2N7. The molecule has 0 atom stereocenters. The van der Waals surface area contributed by atoms with Crippen molar-refractivity contribution < 1.29 is 8.78 Å². The predicted molar refractivity (Wildman–Crippen MR) is 132 cm³/mol. The van der Waals surface area contributed by atoms with Gasteiger partial charge in [-0.2, -0.15) is 5.10 Å². The predicted octanol–water partition coefficient (Wildman–Crippen LogP) is 5.57. The number of hydrogen-bond acceptors (Lipinski definition) is 5. The number of fused-ring (bicyclic) bond motifs is 2. The van der Waals surface area contributed by atoms with Crippen LogP contribution in [0.25, 0.3) is 55.8 Å². The molecule has 0 fully saturated rings. The number of H-pyrrole nitrogens is 2. The van der Waals surface area contributed by atoms with Gasteiger partial charge < -0.3 is 9.88 Å². The van der Waals surface area contributed by atoms with Gasteiger partial charge in [0.15, 0.2) is 11.6 Å². The standard InChI is InChI=1S/C26H19F2N7/c1-35(2)17-10-15(11-29-12-17)23-22(28)21-20(13-30-23)33-34-25(21)26-31-19-8-4-7-18(24(19)32-26)14-5-3-6-16(27)9-14/h3-13H,1-2H3,(H,31,32)(H,33,34). The molecule has 6 rings (SSSR count). The average Bonchev–Trinajstić information content (AvgIpc) is 3.49. The Labute approximate surface area is 198 Å². The molecule has 7 nitrogen and oxygen atoms in total. The van der Waals surface area contributed by atoms with Crippen molar-refractivity contribution in [2.45, 2.75) is 0 Å². The third kappa shape index (κ3) is 3.48. The first-order valence-electron chi connectivity index (χ1n) is 10.9. The third-order valence-corrected chi connectivity index (χ3v) is 5.93. The van der Waals surface area contributed by atoms with Crippen LogP contribution in [0.5, 0.6) is 0 Å². The molecule has 35 heavy (non-hydrogen) atoms. The number of para-hydroxylation sites is 1. The van der Waals surface area contributed by atoms with Gasteiger partial charge in [-0.3, -0.25) is 15.1 Å². The number of nitrogens with one attached hydrogen (secondary N) is 2. The number of anilines is 1. The van der Waals surface area contributed by atoms with Crippen LogP contribution >= 0.6 is 0 Å². The van der Waals surface area contributed by atoms with Gasteiger partial charge in [0.1, 0.15) is 17.2 Å². The zero-order chi connectivity index (χ0) is 24.1. The molecular weight excluding hydrogens is 448 g/mol. The minimum Gasteiger partial charge on any atom is -0.376 e. The van der Waals surface area contributed by atoms with E-state index >= 15 is 4.39 Å². The van der Waals surface area contributed by atoms with Crippen molar-refractivity contribution in [1.82, 2.24) is 30.1 Å². The van der Waals surface area contributed by atoms with Gasteiger partial charge >= 0.3 is 0 Å². The first-order valence-corrected chi connectivity index (χ1v) is 10.9. The van der Waals surface area contributed by atoms with Crippen LogP contribution in [0.3, 0.4) is 0 Å². The molecule has 2 N–H and O–H groups in total. The molecule has 9 heteroatoms. The van der Waals surface area contributed by atoms with E-state index in [1.165, 1.54) is 12.1 Å². The summed E-state index contributed by atoms with van der Waals surface area (Å²) >= 11 is 0. The van der Waals surface area contributed by atoms with Crippen molar-refractivity contribution in [3.05, 3.63) is 78.8 Å². The Kier molecular flexibility index (Phi) is 4.77. The summed E-state index contributed by atoms with van der Waals surface area (Å²) in [4.78, 5) is 18.4. The maximum atomic E-state index is 15.9. The van der Waals surface area contributed by atoms with E-state index in [1.54, 1.807) is 24.7 Å². The summed E-state index contributed by atoms with van der Waals surface area (Å²) in [6.07, 6.45) is 4.83. The normalized spacial score (nSPS) is 11.4. The SMILES string of the molecule is CN(C)c1cncc(-c2ncc3[nH]nc(-c4nc5c(-c6cccc(F)c6)cccc5[nH]4)c3c2F)c1. The van der Waals surface area contributed by atoms with Gasteiger partial charge in [-0.1, -0.05) is 24.3 Å². The minimum atomic E-state index is -0.519. The highest BCUT2D eigenvalue weighted by molar-refractivity contribution is 5.98. The average molecular weight is 467 g/mol. The van der Waals surface area contributed by atoms with Crippen LogP contribution in [0.2, 0.25) is 0 Å². The largest absolute Gasteiger partial charge is 0.376 e. The second-order valence-electron chi connectivity index (χ2n) is 8.41. The van der Waals surface area contributed by atoms with Crippen molar-refractivity contribution in [2.75, 3.05) is 19.0 Å². The molecule has 4 heterocycles. The van der Waals surface area contributed by atoms with Crippen LogP contribution in [-0.2, 0) is 0 Å². The van der Waals surface area contributed by atoms with Gasteiger partial charge in [-0.15, -0.1) is 0 Å². The molecule has 6 aromatic rings. The van der Waals surface area contributed by atoms with Gasteiger partial charge in [-0.05, 0) is 29.8 Å². The van der Waals surface area contributed by atoms with Gasteiger partial charge in [0.2, 0.25) is 0 Å². The number of aromatic nitrogens is 6. The fourth-order valence-corrected chi connectivity index (χ4v) is 4.18. The van der Waals surface area contributed by atoms with Crippen molar-refractivity contribution >= 4 is 27.6 Å². The van der Waals surface area contributed by atoms with E-state index in [9.17, 15) is 4.39 Å². The summed E-state index contributed by atoms with van der Waals surface area (Å²) in [7, 11) is 3.78. The first-order chi connectivity index (χ1) is 17.0. The van der Waals surface area contributed by atoms with E-state index in [4.69, 9.17) is 4.98 Å². The van der Waals surface area contributed by atoms with Crippen molar-refractivity contribution in [3.8, 4) is 33.9 Å². The number of imidazole rings is 1. The molecule has 4 aromatic heterocycles. The maximum Gasteiger partial charge on any atom is 0.161 e. The van der Waals surface area contributed by atoms with Crippen LogP contribution in [0.15, 0.2) is 67.1 Å². The maximum absolute atomic E-state index is 15.9. The molecule has 0 aliphatic heterocycles. The topological polar surface area (TPSA) is 86.4 Å². The van der Waals surface area contributed by atoms with E-state index < -0.39 is 5.82 Å². The second-order valence-corrected chi connectivity index (χ2v) is 8.41. The summed E-state index contributed by atoms with van der Waals surface area (Å²) in [5.74, 6) is -0.454. The third-order valence-electron chi connectivity index (χ3n) is 5.93. The molecule has 0 aliphatic rings. The summed E-state index contributed by atoms with van der Waals surface area (Å²) < 4.78 is 29.7. The number of rotatable bonds is 4. The number of nitrogens with zero attached hydrogens (tertiary/aromatic N) is 5. The monoisotopic (exact) mass is 467 g/mol. The Balaban J connectivity index is 1.52. The van der Waals surface area contributed by atoms with Crippen LogP contribution in [-0.4, -0.2) is 44.2 Å². The minimum absolute atomic E-state index is 0.174. The summed E-state index contributed by atoms with van der Waals surface area (Å²) in [6.45, 7) is 0. The molecule has 0 unspecified atom stereocenters. The van der Waals surface area contributed by atoms with Gasteiger partial charge in [0.05, 0.1) is 40.0 Å². The molecule has 0 spiro atoms. The summed E-state index contributed by atoms with van der Waals surface area (Å²) in [6, 6.07) is 13.8. The lowest BCUT2D eigenvalue weighted by atomic mass is 10.0. The van der Waals surface area contributed by atoms with Crippen molar-refractivity contribution in [3.63, 3.8) is 0 Å². The lowest BCUT2D eigenvalue weighted by molar-refractivity contribution is 0.628. The van der Waals surface area contributed by atoms with Crippen molar-refractivity contribution in [2.24, 2.45) is 0 Å². The second kappa shape index (κ2) is 7.98. The van der Waals surface area contributed by atoms with Gasteiger partial charge in [-0.25, -0.2) is 13.8 Å². The lowest BCUT2D eigenvalue weighted by Crippen LogP contribution is -2.09. The Morgan fingerprint density at radius 2 is 1.71 bits per heavy atom. The van der Waals surface area contributed by atoms with Gasteiger partial charge in [0.25, 0.3) is 0 Å². The molecule has 0 radical (unpaired) electrons. The van der Waals surface area contributed by atoms with Crippen molar-refractivity contribution in [1.29, 1.82) is 0 Å². The first kappa shape index (κ1) is 20.9. The zero-order valence-corrected chi connectivity index (χ0v) is 18.8.